The van der Waals surface area contributed by atoms with E-state index in [-0.39, 0.29) is 28.1 Å². The topological polar surface area (TPSA) is 94.1 Å². The van der Waals surface area contributed by atoms with Crippen LogP contribution in [-0.4, -0.2) is 9.65 Å². The lowest BCUT2D eigenvalue weighted by molar-refractivity contribution is -0.451. The molecule has 0 amide bonds. The first-order chi connectivity index (χ1) is 12.1. The highest BCUT2D eigenvalue weighted by Gasteiger charge is 2.33. The molecule has 0 saturated carbocycles. The Bertz CT molecular complexity index is 1300. The first-order valence-electron chi connectivity index (χ1n) is 7.57. The molecule has 0 N–H and O–H groups in total. The summed E-state index contributed by atoms with van der Waals surface area (Å²) in [6.07, 6.45) is 0. The molecule has 4 aromatic rings. The molecule has 0 fully saturated rings. The average molecular weight is 331 g/mol. The SMILES string of the molecule is O=[N+]([O-])c1ccc2c(c1)n([O-])c1c([n+]2=O)-c2cccc3cccc-1c23. The molecule has 0 aliphatic heterocycles. The van der Waals surface area contributed by atoms with Crippen LogP contribution in [0.2, 0.25) is 0 Å². The van der Waals surface area contributed by atoms with Crippen molar-refractivity contribution in [2.24, 2.45) is 0 Å². The highest BCUT2D eigenvalue weighted by atomic mass is 16.6. The minimum atomic E-state index is -0.586. The van der Waals surface area contributed by atoms with Crippen molar-refractivity contribution >= 4 is 27.5 Å². The molecular weight excluding hydrogens is 322 g/mol. The predicted molar refractivity (Wildman–Crippen MR) is 92.7 cm³/mol. The van der Waals surface area contributed by atoms with E-state index in [0.717, 1.165) is 16.8 Å². The second-order valence-corrected chi connectivity index (χ2v) is 5.93. The molecule has 7 nitrogen and oxygen atoms in total. The fourth-order valence-electron chi connectivity index (χ4n) is 3.60. The zero-order valence-electron chi connectivity index (χ0n) is 12.7. The number of hydrogen-bond acceptors (Lipinski definition) is 4. The standard InChI is InChI=1S/C18H9N3O4/c22-19-14-8-7-11(21(24)25)9-15(14)20(23)18-13-6-2-4-10-3-1-5-12(16(10)13)17(18)19/h1-9H. The third kappa shape index (κ3) is 1.59. The maximum atomic E-state index is 13.0. The maximum absolute atomic E-state index is 13.0. The Labute approximate surface area is 139 Å². The van der Waals surface area contributed by atoms with E-state index < -0.39 is 4.92 Å². The molecule has 25 heavy (non-hydrogen) atoms. The summed E-state index contributed by atoms with van der Waals surface area (Å²) in [7, 11) is 0. The minimum absolute atomic E-state index is 0.0206. The fourth-order valence-corrected chi connectivity index (χ4v) is 3.60. The summed E-state index contributed by atoms with van der Waals surface area (Å²) >= 11 is 0. The van der Waals surface area contributed by atoms with Gasteiger partial charge in [-0.2, -0.15) is 0 Å². The van der Waals surface area contributed by atoms with E-state index in [9.17, 15) is 20.2 Å². The molecule has 0 bridgehead atoms. The van der Waals surface area contributed by atoms with E-state index in [1.807, 2.05) is 30.3 Å². The maximum Gasteiger partial charge on any atom is 0.295 e. The van der Waals surface area contributed by atoms with Gasteiger partial charge in [0.1, 0.15) is 11.2 Å². The quantitative estimate of drug-likeness (QED) is 0.266. The summed E-state index contributed by atoms with van der Waals surface area (Å²) in [5.41, 5.74) is 1.72. The van der Waals surface area contributed by atoms with Crippen LogP contribution in [0.5, 0.6) is 0 Å². The molecule has 5 rings (SSSR count). The van der Waals surface area contributed by atoms with Gasteiger partial charge in [0, 0.05) is 34.1 Å². The molecule has 1 aliphatic carbocycles. The van der Waals surface area contributed by atoms with Crippen molar-refractivity contribution in [3.63, 3.8) is 0 Å². The van der Waals surface area contributed by atoms with Crippen molar-refractivity contribution in [1.29, 1.82) is 0 Å². The van der Waals surface area contributed by atoms with Crippen LogP contribution < -0.4 is 4.43 Å². The van der Waals surface area contributed by atoms with Crippen molar-refractivity contribution in [2.75, 3.05) is 0 Å². The number of aromatic nitrogens is 2. The first-order valence-corrected chi connectivity index (χ1v) is 7.57. The van der Waals surface area contributed by atoms with Gasteiger partial charge in [-0.25, -0.2) is 0 Å². The summed E-state index contributed by atoms with van der Waals surface area (Å²) in [4.78, 5) is 23.4. The molecule has 1 heterocycles. The average Bonchev–Trinajstić information content (AvgIpc) is 2.96. The van der Waals surface area contributed by atoms with Crippen LogP contribution in [0.1, 0.15) is 0 Å². The fraction of sp³-hybridized carbons (Fsp3) is 0. The Morgan fingerprint density at radius 1 is 1.00 bits per heavy atom. The van der Waals surface area contributed by atoms with Gasteiger partial charge in [-0.1, -0.05) is 30.3 Å². The van der Waals surface area contributed by atoms with E-state index in [1.165, 1.54) is 12.1 Å². The van der Waals surface area contributed by atoms with E-state index >= 15 is 0 Å². The Kier molecular flexibility index (Phi) is 2.42. The van der Waals surface area contributed by atoms with E-state index in [4.69, 9.17) is 0 Å². The summed E-state index contributed by atoms with van der Waals surface area (Å²) in [5, 5.41) is 25.8. The van der Waals surface area contributed by atoms with Crippen LogP contribution in [0.25, 0.3) is 44.3 Å². The summed E-state index contributed by atoms with van der Waals surface area (Å²) in [5.74, 6) is 0. The van der Waals surface area contributed by atoms with Gasteiger partial charge in [0.15, 0.2) is 0 Å². The van der Waals surface area contributed by atoms with Crippen LogP contribution in [0.4, 0.5) is 5.69 Å². The van der Waals surface area contributed by atoms with Crippen molar-refractivity contribution in [2.45, 2.75) is 0 Å². The van der Waals surface area contributed by atoms with Gasteiger partial charge in [-0.05, 0) is 11.5 Å². The van der Waals surface area contributed by atoms with Crippen molar-refractivity contribution in [3.8, 4) is 22.5 Å². The smallest absolute Gasteiger partial charge is 0.295 e. The number of benzene rings is 3. The molecule has 0 spiro atoms. The number of rotatable bonds is 1. The number of nitro groups is 1. The van der Waals surface area contributed by atoms with E-state index in [0.29, 0.717) is 20.3 Å². The van der Waals surface area contributed by atoms with Gasteiger partial charge in [-0.3, -0.25) is 10.1 Å². The van der Waals surface area contributed by atoms with Gasteiger partial charge < -0.3 is 9.94 Å². The zero-order valence-corrected chi connectivity index (χ0v) is 12.7. The monoisotopic (exact) mass is 331 g/mol. The lowest BCUT2D eigenvalue weighted by Crippen LogP contribution is -2.22. The summed E-state index contributed by atoms with van der Waals surface area (Å²) in [6.45, 7) is 0. The number of nitrogens with zero attached hydrogens (tertiary/aromatic N) is 3. The molecule has 0 atom stereocenters. The Balaban J connectivity index is 2.03. The van der Waals surface area contributed by atoms with Gasteiger partial charge in [0.25, 0.3) is 16.9 Å². The molecule has 0 saturated heterocycles. The zero-order chi connectivity index (χ0) is 17.3. The third-order valence-corrected chi connectivity index (χ3v) is 4.65. The van der Waals surface area contributed by atoms with Gasteiger partial charge in [0.05, 0.1) is 14.9 Å². The Hall–Kier alpha value is -3.74. The van der Waals surface area contributed by atoms with Crippen molar-refractivity contribution < 1.29 is 9.35 Å². The number of fused-ring (bicyclic) bond motifs is 4. The highest BCUT2D eigenvalue weighted by molar-refractivity contribution is 6.13. The molecule has 120 valence electrons. The van der Waals surface area contributed by atoms with Crippen LogP contribution in [0.3, 0.4) is 0 Å². The van der Waals surface area contributed by atoms with Crippen LogP contribution in [-0.2, 0) is 0 Å². The molecule has 7 heteroatoms. The molecule has 0 unspecified atom stereocenters. The molecule has 1 aliphatic rings. The van der Waals surface area contributed by atoms with Gasteiger partial charge in [0.2, 0.25) is 0 Å². The lowest BCUT2D eigenvalue weighted by atomic mass is 10.0. The van der Waals surface area contributed by atoms with Gasteiger partial charge >= 0.3 is 0 Å². The minimum Gasteiger partial charge on any atom is -0.805 e. The molecule has 0 radical (unpaired) electrons. The molecule has 1 aromatic heterocycles. The van der Waals surface area contributed by atoms with Crippen molar-refractivity contribution in [3.05, 3.63) is 74.8 Å². The van der Waals surface area contributed by atoms with Gasteiger partial charge in [-0.15, -0.1) is 0 Å². The Morgan fingerprint density at radius 2 is 1.72 bits per heavy atom. The summed E-state index contributed by atoms with van der Waals surface area (Å²) < 4.78 is 1.32. The number of non-ortho nitro benzene ring substituents is 1. The van der Waals surface area contributed by atoms with Crippen LogP contribution >= 0.6 is 0 Å². The second kappa shape index (κ2) is 4.41. The van der Waals surface area contributed by atoms with Crippen LogP contribution in [0, 0.1) is 20.2 Å². The van der Waals surface area contributed by atoms with E-state index in [2.05, 4.69) is 0 Å². The lowest BCUT2D eigenvalue weighted by Gasteiger charge is -2.16. The van der Waals surface area contributed by atoms with Crippen LogP contribution in [0.15, 0.2) is 54.6 Å². The second-order valence-electron chi connectivity index (χ2n) is 5.93. The Morgan fingerprint density at radius 3 is 2.44 bits per heavy atom. The molecule has 3 aromatic carbocycles. The predicted octanol–water partition coefficient (Wildman–Crippen LogP) is 3.61. The summed E-state index contributed by atoms with van der Waals surface area (Å²) in [6, 6.07) is 14.8. The first kappa shape index (κ1) is 13.7. The largest absolute Gasteiger partial charge is 0.805 e. The third-order valence-electron chi connectivity index (χ3n) is 4.65. The highest BCUT2D eigenvalue weighted by Crippen LogP contribution is 2.45. The normalized spacial score (nSPS) is 11.8. The number of hydrogen-bond donors (Lipinski definition) is 0. The number of nitro benzene ring substituents is 1. The molecular formula is C18H9N3O4. The van der Waals surface area contributed by atoms with Crippen molar-refractivity contribution in [1.82, 2.24) is 4.73 Å². The van der Waals surface area contributed by atoms with E-state index in [1.54, 1.807) is 6.07 Å².